The Bertz CT molecular complexity index is 1100. The monoisotopic (exact) mass is 484 g/mol. The maximum Gasteiger partial charge on any atom is 0.335 e. The third-order valence-corrected chi connectivity index (χ3v) is 4.92. The molecule has 1 aliphatic rings. The van der Waals surface area contributed by atoms with Gasteiger partial charge in [0.2, 0.25) is 0 Å². The van der Waals surface area contributed by atoms with E-state index in [2.05, 4.69) is 32.9 Å². The van der Waals surface area contributed by atoms with E-state index in [1.54, 1.807) is 6.07 Å². The fourth-order valence-corrected chi connectivity index (χ4v) is 3.24. The summed E-state index contributed by atoms with van der Waals surface area (Å²) in [5.74, 6) is -1.41. The summed E-state index contributed by atoms with van der Waals surface area (Å²) < 4.78 is 2.96. The van der Waals surface area contributed by atoms with Crippen LogP contribution in [0.2, 0.25) is 0 Å². The summed E-state index contributed by atoms with van der Waals surface area (Å²) in [6, 6.07) is 13.7. The highest BCUT2D eigenvalue weighted by atomic mass is 127. The van der Waals surface area contributed by atoms with Crippen molar-refractivity contribution in [2.24, 2.45) is 0 Å². The number of imide groups is 2. The molecule has 1 saturated heterocycles. The minimum Gasteiger partial charge on any atom is -0.317 e. The Kier molecular flexibility index (Phi) is 4.78. The summed E-state index contributed by atoms with van der Waals surface area (Å²) in [6.45, 7) is 0. The molecule has 1 aliphatic heterocycles. The third-order valence-electron chi connectivity index (χ3n) is 4.20. The van der Waals surface area contributed by atoms with E-state index in [-0.39, 0.29) is 5.57 Å². The second-order valence-electron chi connectivity index (χ2n) is 5.94. The van der Waals surface area contributed by atoms with Gasteiger partial charge in [-0.1, -0.05) is 0 Å². The predicted octanol–water partition coefficient (Wildman–Crippen LogP) is 3.14. The lowest BCUT2D eigenvalue weighted by Gasteiger charge is -2.26. The Morgan fingerprint density at radius 3 is 2.36 bits per heavy atom. The van der Waals surface area contributed by atoms with Gasteiger partial charge in [0.1, 0.15) is 5.57 Å². The maximum absolute atomic E-state index is 12.9. The molecule has 4 amide bonds. The molecule has 138 valence electrons. The molecule has 0 radical (unpaired) electrons. The fourth-order valence-electron chi connectivity index (χ4n) is 2.88. The number of pyridine rings is 1. The molecule has 4 rings (SSSR count). The molecule has 0 aliphatic carbocycles. The van der Waals surface area contributed by atoms with Crippen LogP contribution in [0.1, 0.15) is 5.69 Å². The SMILES string of the molecule is O=C1NC(=O)N(c2ccncc2)C(=O)/C1=C/c1cccn1-c1ccc(I)cc1. The van der Waals surface area contributed by atoms with Gasteiger partial charge in [0.05, 0.1) is 5.69 Å². The van der Waals surface area contributed by atoms with E-state index in [1.165, 1.54) is 30.6 Å². The molecule has 0 unspecified atom stereocenters. The quantitative estimate of drug-likeness (QED) is 0.352. The molecule has 2 aromatic heterocycles. The standard InChI is InChI=1S/C20H13IN4O3/c21-13-3-5-14(6-4-13)24-11-1-2-16(24)12-17-18(26)23-20(28)25(19(17)27)15-7-9-22-10-8-15/h1-12H,(H,23,26,28)/b17-12+. The van der Waals surface area contributed by atoms with E-state index in [1.807, 2.05) is 41.1 Å². The van der Waals surface area contributed by atoms with Crippen LogP contribution in [0.25, 0.3) is 11.8 Å². The van der Waals surface area contributed by atoms with Crippen LogP contribution in [0.4, 0.5) is 10.5 Å². The van der Waals surface area contributed by atoms with Crippen molar-refractivity contribution in [3.05, 3.63) is 82.0 Å². The van der Waals surface area contributed by atoms with Crippen LogP contribution >= 0.6 is 22.6 Å². The molecule has 3 heterocycles. The molecular formula is C20H13IN4O3. The topological polar surface area (TPSA) is 84.3 Å². The number of carbonyl (C=O) groups excluding carboxylic acids is 3. The van der Waals surface area contributed by atoms with Crippen molar-refractivity contribution in [1.29, 1.82) is 0 Å². The minimum atomic E-state index is -0.786. The Hall–Kier alpha value is -3.27. The molecule has 8 heteroatoms. The molecule has 0 bridgehead atoms. The van der Waals surface area contributed by atoms with Crippen molar-refractivity contribution in [3.63, 3.8) is 0 Å². The smallest absolute Gasteiger partial charge is 0.317 e. The van der Waals surface area contributed by atoms with Crippen LogP contribution in [0.15, 0.2) is 72.7 Å². The van der Waals surface area contributed by atoms with Crippen molar-refractivity contribution in [2.75, 3.05) is 4.90 Å². The summed E-state index contributed by atoms with van der Waals surface area (Å²) >= 11 is 2.22. The van der Waals surface area contributed by atoms with E-state index in [0.29, 0.717) is 11.4 Å². The van der Waals surface area contributed by atoms with Crippen LogP contribution in [0.5, 0.6) is 0 Å². The van der Waals surface area contributed by atoms with Crippen LogP contribution in [0.3, 0.4) is 0 Å². The van der Waals surface area contributed by atoms with Crippen LogP contribution in [-0.2, 0) is 9.59 Å². The van der Waals surface area contributed by atoms with E-state index in [0.717, 1.165) is 14.2 Å². The Labute approximate surface area is 173 Å². The summed E-state index contributed by atoms with van der Waals surface area (Å²) in [6.07, 6.45) is 6.26. The van der Waals surface area contributed by atoms with Gasteiger partial charge in [0.25, 0.3) is 11.8 Å². The molecule has 0 saturated carbocycles. The third kappa shape index (κ3) is 3.33. The molecule has 1 fully saturated rings. The average Bonchev–Trinajstić information content (AvgIpc) is 3.15. The van der Waals surface area contributed by atoms with Gasteiger partial charge in [-0.05, 0) is 77.2 Å². The zero-order valence-electron chi connectivity index (χ0n) is 14.4. The number of nitrogens with one attached hydrogen (secondary N) is 1. The van der Waals surface area contributed by atoms with E-state index < -0.39 is 17.8 Å². The number of nitrogens with zero attached hydrogens (tertiary/aromatic N) is 3. The summed E-state index contributed by atoms with van der Waals surface area (Å²) in [5.41, 5.74) is 1.75. The number of hydrogen-bond acceptors (Lipinski definition) is 4. The fraction of sp³-hybridized carbons (Fsp3) is 0. The number of amides is 4. The number of carbonyl (C=O) groups is 3. The molecule has 1 aromatic carbocycles. The molecule has 7 nitrogen and oxygen atoms in total. The number of halogens is 1. The highest BCUT2D eigenvalue weighted by Crippen LogP contribution is 2.22. The highest BCUT2D eigenvalue weighted by Gasteiger charge is 2.36. The van der Waals surface area contributed by atoms with E-state index in [4.69, 9.17) is 0 Å². The lowest BCUT2D eigenvalue weighted by Crippen LogP contribution is -2.54. The number of hydrogen-bond donors (Lipinski definition) is 1. The molecular weight excluding hydrogens is 471 g/mol. The molecule has 3 aromatic rings. The number of aromatic nitrogens is 2. The number of anilines is 1. The van der Waals surface area contributed by atoms with Crippen LogP contribution in [-0.4, -0.2) is 27.4 Å². The highest BCUT2D eigenvalue weighted by molar-refractivity contribution is 14.1. The Morgan fingerprint density at radius 1 is 0.929 bits per heavy atom. The number of rotatable bonds is 3. The lowest BCUT2D eigenvalue weighted by atomic mass is 10.1. The van der Waals surface area contributed by atoms with E-state index >= 15 is 0 Å². The largest absolute Gasteiger partial charge is 0.335 e. The number of barbiturate groups is 1. The number of urea groups is 1. The van der Waals surface area contributed by atoms with Crippen molar-refractivity contribution in [1.82, 2.24) is 14.9 Å². The predicted molar refractivity (Wildman–Crippen MR) is 112 cm³/mol. The summed E-state index contributed by atoms with van der Waals surface area (Å²) in [5, 5.41) is 2.22. The van der Waals surface area contributed by atoms with Gasteiger partial charge in [0, 0.05) is 33.5 Å². The van der Waals surface area contributed by atoms with Crippen molar-refractivity contribution in [3.8, 4) is 5.69 Å². The molecule has 0 atom stereocenters. The van der Waals surface area contributed by atoms with Gasteiger partial charge < -0.3 is 4.57 Å². The normalized spacial score (nSPS) is 15.8. The molecule has 0 spiro atoms. The van der Waals surface area contributed by atoms with Gasteiger partial charge in [-0.3, -0.25) is 19.9 Å². The van der Waals surface area contributed by atoms with Gasteiger partial charge in [0.15, 0.2) is 0 Å². The van der Waals surface area contributed by atoms with Crippen LogP contribution < -0.4 is 10.2 Å². The minimum absolute atomic E-state index is 0.123. The average molecular weight is 484 g/mol. The van der Waals surface area contributed by atoms with Gasteiger partial charge in [-0.2, -0.15) is 0 Å². The first-order valence-corrected chi connectivity index (χ1v) is 9.37. The van der Waals surface area contributed by atoms with Gasteiger partial charge >= 0.3 is 6.03 Å². The first kappa shape index (κ1) is 18.1. The van der Waals surface area contributed by atoms with Crippen LogP contribution in [0, 0.1) is 3.57 Å². The summed E-state index contributed by atoms with van der Waals surface area (Å²) in [7, 11) is 0. The first-order valence-electron chi connectivity index (χ1n) is 8.29. The summed E-state index contributed by atoms with van der Waals surface area (Å²) in [4.78, 5) is 42.3. The zero-order valence-corrected chi connectivity index (χ0v) is 16.5. The van der Waals surface area contributed by atoms with Crippen molar-refractivity contribution >= 4 is 52.2 Å². The first-order chi connectivity index (χ1) is 13.5. The lowest BCUT2D eigenvalue weighted by molar-refractivity contribution is -0.122. The van der Waals surface area contributed by atoms with Gasteiger partial charge in [-0.25, -0.2) is 9.69 Å². The van der Waals surface area contributed by atoms with Gasteiger partial charge in [-0.15, -0.1) is 0 Å². The Morgan fingerprint density at radius 2 is 1.64 bits per heavy atom. The Balaban J connectivity index is 1.74. The van der Waals surface area contributed by atoms with Crippen molar-refractivity contribution < 1.29 is 14.4 Å². The number of benzene rings is 1. The zero-order chi connectivity index (χ0) is 19.7. The van der Waals surface area contributed by atoms with E-state index in [9.17, 15) is 14.4 Å². The maximum atomic E-state index is 12.9. The van der Waals surface area contributed by atoms with Crippen molar-refractivity contribution in [2.45, 2.75) is 0 Å². The second kappa shape index (κ2) is 7.39. The molecule has 28 heavy (non-hydrogen) atoms. The molecule has 1 N–H and O–H groups in total. The second-order valence-corrected chi connectivity index (χ2v) is 7.19.